The number of carbonyl (C=O) groups is 5. The van der Waals surface area contributed by atoms with Crippen LogP contribution >= 0.6 is 0 Å². The van der Waals surface area contributed by atoms with Crippen LogP contribution in [0.1, 0.15) is 43.9 Å². The number of sulfonamides is 1. The number of hydrogen-bond donors (Lipinski definition) is 2. The standard InChI is InChI=1S/C24H22N4O8S/c29-20-8-7-19(21(30)25-20)28-22(31)17-6-3-15(13-18(17)23(28)32)26-9-11-27(12-10-26)37(35,36)16-4-1-14(2-5-16)24(33)34/h1-6,13,19H,7-12H2,(H,33,34)(H,25,29,30). The zero-order valence-electron chi connectivity index (χ0n) is 19.4. The molecule has 3 aliphatic heterocycles. The summed E-state index contributed by atoms with van der Waals surface area (Å²) in [4.78, 5) is 63.5. The normalized spacial score (nSPS) is 20.7. The van der Waals surface area contributed by atoms with Crippen LogP contribution in [0.15, 0.2) is 47.4 Å². The molecule has 2 saturated heterocycles. The van der Waals surface area contributed by atoms with Crippen molar-refractivity contribution in [1.29, 1.82) is 0 Å². The Labute approximate surface area is 211 Å². The highest BCUT2D eigenvalue weighted by atomic mass is 32.2. The summed E-state index contributed by atoms with van der Waals surface area (Å²) >= 11 is 0. The SMILES string of the molecule is O=C1CCC(N2C(=O)c3ccc(N4CCN(S(=O)(=O)c5ccc(C(=O)O)cc5)CC4)cc3C2=O)C(=O)N1. The van der Waals surface area contributed by atoms with Crippen molar-refractivity contribution < 1.29 is 37.5 Å². The lowest BCUT2D eigenvalue weighted by atomic mass is 10.0. The molecule has 0 bridgehead atoms. The molecule has 0 saturated carbocycles. The monoisotopic (exact) mass is 526 g/mol. The molecule has 2 aromatic carbocycles. The van der Waals surface area contributed by atoms with Gasteiger partial charge >= 0.3 is 5.97 Å². The maximum absolute atomic E-state index is 13.1. The highest BCUT2D eigenvalue weighted by Gasteiger charge is 2.44. The number of anilines is 1. The van der Waals surface area contributed by atoms with Gasteiger partial charge in [-0.3, -0.25) is 29.4 Å². The van der Waals surface area contributed by atoms with Crippen molar-refractivity contribution in [3.05, 3.63) is 59.2 Å². The van der Waals surface area contributed by atoms with E-state index >= 15 is 0 Å². The van der Waals surface area contributed by atoms with Crippen molar-refractivity contribution in [2.75, 3.05) is 31.1 Å². The number of piperidine rings is 1. The Morgan fingerprint density at radius 3 is 2.16 bits per heavy atom. The van der Waals surface area contributed by atoms with Gasteiger partial charge in [-0.05, 0) is 48.9 Å². The largest absolute Gasteiger partial charge is 0.478 e. The van der Waals surface area contributed by atoms with Gasteiger partial charge in [0.15, 0.2) is 0 Å². The third-order valence-electron chi connectivity index (χ3n) is 6.77. The van der Waals surface area contributed by atoms with Crippen LogP contribution < -0.4 is 10.2 Å². The van der Waals surface area contributed by atoms with E-state index in [1.165, 1.54) is 34.6 Å². The lowest BCUT2D eigenvalue weighted by molar-refractivity contribution is -0.136. The Morgan fingerprint density at radius 2 is 1.54 bits per heavy atom. The Kier molecular flexibility index (Phi) is 6.04. The summed E-state index contributed by atoms with van der Waals surface area (Å²) in [6.45, 7) is 0.971. The second kappa shape index (κ2) is 9.09. The third-order valence-corrected chi connectivity index (χ3v) is 8.68. The van der Waals surface area contributed by atoms with E-state index in [0.29, 0.717) is 18.8 Å². The molecule has 12 nitrogen and oxygen atoms in total. The predicted molar refractivity (Wildman–Crippen MR) is 127 cm³/mol. The number of carboxylic acids is 1. The van der Waals surface area contributed by atoms with Crippen LogP contribution in [0.2, 0.25) is 0 Å². The van der Waals surface area contributed by atoms with Crippen molar-refractivity contribution in [1.82, 2.24) is 14.5 Å². The lowest BCUT2D eigenvalue weighted by Gasteiger charge is -2.35. The van der Waals surface area contributed by atoms with Crippen molar-refractivity contribution in [3.8, 4) is 0 Å². The fourth-order valence-electron chi connectivity index (χ4n) is 4.76. The molecule has 0 radical (unpaired) electrons. The molecule has 4 amide bonds. The third kappa shape index (κ3) is 4.25. The van der Waals surface area contributed by atoms with Crippen LogP contribution in [0, 0.1) is 0 Å². The molecule has 1 unspecified atom stereocenters. The first-order valence-corrected chi connectivity index (χ1v) is 13.0. The summed E-state index contributed by atoms with van der Waals surface area (Å²) < 4.78 is 27.3. The van der Waals surface area contributed by atoms with E-state index in [2.05, 4.69) is 5.32 Å². The zero-order chi connectivity index (χ0) is 26.5. The molecule has 3 aliphatic rings. The van der Waals surface area contributed by atoms with E-state index in [-0.39, 0.29) is 47.5 Å². The molecule has 13 heteroatoms. The maximum Gasteiger partial charge on any atom is 0.335 e. The molecule has 0 aliphatic carbocycles. The number of hydrogen-bond acceptors (Lipinski definition) is 8. The second-order valence-electron chi connectivity index (χ2n) is 8.90. The van der Waals surface area contributed by atoms with Gasteiger partial charge in [-0.25, -0.2) is 13.2 Å². The van der Waals surface area contributed by atoms with Crippen LogP contribution in [-0.4, -0.2) is 84.5 Å². The number of imide groups is 2. The van der Waals surface area contributed by atoms with E-state index < -0.39 is 45.7 Å². The molecular weight excluding hydrogens is 504 g/mol. The van der Waals surface area contributed by atoms with Crippen LogP contribution in [0.3, 0.4) is 0 Å². The van der Waals surface area contributed by atoms with E-state index in [4.69, 9.17) is 5.11 Å². The van der Waals surface area contributed by atoms with Gasteiger partial charge in [0, 0.05) is 38.3 Å². The van der Waals surface area contributed by atoms with Crippen LogP contribution in [-0.2, 0) is 19.6 Å². The first kappa shape index (κ1) is 24.6. The fraction of sp³-hybridized carbons (Fsp3) is 0.292. The number of benzene rings is 2. The molecule has 2 N–H and O–H groups in total. The van der Waals surface area contributed by atoms with Gasteiger partial charge in [0.1, 0.15) is 6.04 Å². The lowest BCUT2D eigenvalue weighted by Crippen LogP contribution is -2.54. The van der Waals surface area contributed by atoms with Crippen molar-refractivity contribution in [3.63, 3.8) is 0 Å². The molecule has 3 heterocycles. The minimum Gasteiger partial charge on any atom is -0.478 e. The first-order chi connectivity index (χ1) is 17.6. The van der Waals surface area contributed by atoms with Crippen molar-refractivity contribution in [2.45, 2.75) is 23.8 Å². The number of fused-ring (bicyclic) bond motifs is 1. The van der Waals surface area contributed by atoms with Crippen LogP contribution in [0.25, 0.3) is 0 Å². The van der Waals surface area contributed by atoms with E-state index in [0.717, 1.165) is 4.90 Å². The van der Waals surface area contributed by atoms with Gasteiger partial charge in [-0.15, -0.1) is 0 Å². The second-order valence-corrected chi connectivity index (χ2v) is 10.8. The maximum atomic E-state index is 13.1. The van der Waals surface area contributed by atoms with E-state index in [1.807, 2.05) is 4.90 Å². The molecular formula is C24H22N4O8S. The smallest absolute Gasteiger partial charge is 0.335 e. The number of amides is 4. The van der Waals surface area contributed by atoms with Crippen molar-refractivity contribution in [2.24, 2.45) is 0 Å². The van der Waals surface area contributed by atoms with Gasteiger partial charge in [0.2, 0.25) is 21.8 Å². The average Bonchev–Trinajstić information content (AvgIpc) is 3.13. The van der Waals surface area contributed by atoms with E-state index in [1.54, 1.807) is 12.1 Å². The van der Waals surface area contributed by atoms with Gasteiger partial charge in [-0.2, -0.15) is 4.31 Å². The van der Waals surface area contributed by atoms with Crippen LogP contribution in [0.5, 0.6) is 0 Å². The molecule has 0 aromatic heterocycles. The number of rotatable bonds is 5. The van der Waals surface area contributed by atoms with Gasteiger partial charge in [-0.1, -0.05) is 0 Å². The Hall–Kier alpha value is -4.10. The van der Waals surface area contributed by atoms with Gasteiger partial charge in [0.05, 0.1) is 21.6 Å². The number of carboxylic acid groups (broad SMARTS) is 1. The summed E-state index contributed by atoms with van der Waals surface area (Å²) in [6.07, 6.45) is 0.102. The molecule has 5 rings (SSSR count). The number of nitrogens with zero attached hydrogens (tertiary/aromatic N) is 3. The number of carbonyl (C=O) groups excluding carboxylic acids is 4. The number of nitrogens with one attached hydrogen (secondary N) is 1. The van der Waals surface area contributed by atoms with Crippen LogP contribution in [0.4, 0.5) is 5.69 Å². The van der Waals surface area contributed by atoms with Gasteiger partial charge in [0.25, 0.3) is 11.8 Å². The molecule has 0 spiro atoms. The Balaban J connectivity index is 1.29. The minimum atomic E-state index is -3.82. The summed E-state index contributed by atoms with van der Waals surface area (Å²) in [6, 6.07) is 8.73. The summed E-state index contributed by atoms with van der Waals surface area (Å²) in [5.74, 6) is -3.47. The van der Waals surface area contributed by atoms with E-state index in [9.17, 15) is 32.4 Å². The zero-order valence-corrected chi connectivity index (χ0v) is 20.2. The Bertz CT molecular complexity index is 1450. The highest BCUT2D eigenvalue weighted by Crippen LogP contribution is 2.31. The number of piperazine rings is 1. The Morgan fingerprint density at radius 1 is 0.892 bits per heavy atom. The molecule has 37 heavy (non-hydrogen) atoms. The summed E-state index contributed by atoms with van der Waals surface area (Å²) in [5, 5.41) is 11.2. The quantitative estimate of drug-likeness (QED) is 0.522. The molecule has 2 fully saturated rings. The topological polar surface area (TPSA) is 161 Å². The summed E-state index contributed by atoms with van der Waals surface area (Å²) in [5.41, 5.74) is 0.947. The fourth-order valence-corrected chi connectivity index (χ4v) is 6.18. The molecule has 2 aromatic rings. The summed E-state index contributed by atoms with van der Waals surface area (Å²) in [7, 11) is -3.82. The number of aromatic carboxylic acids is 1. The highest BCUT2D eigenvalue weighted by molar-refractivity contribution is 7.89. The molecule has 1 atom stereocenters. The average molecular weight is 527 g/mol. The van der Waals surface area contributed by atoms with Crippen molar-refractivity contribution >= 4 is 45.3 Å². The predicted octanol–water partition coefficient (Wildman–Crippen LogP) is 0.297. The molecule has 192 valence electrons. The first-order valence-electron chi connectivity index (χ1n) is 11.5. The van der Waals surface area contributed by atoms with Gasteiger partial charge < -0.3 is 10.0 Å². The minimum absolute atomic E-state index is 0.00105.